The number of aromatic nitrogens is 3. The third-order valence-electron chi connectivity index (χ3n) is 5.28. The normalized spacial score (nSPS) is 20.8. The molecule has 0 amide bonds. The molecule has 1 aromatic heterocycles. The van der Waals surface area contributed by atoms with Gasteiger partial charge in [-0.3, -0.25) is 4.90 Å². The fourth-order valence-electron chi connectivity index (χ4n) is 3.88. The van der Waals surface area contributed by atoms with Crippen molar-refractivity contribution < 1.29 is 4.39 Å². The minimum atomic E-state index is -0.426. The van der Waals surface area contributed by atoms with Gasteiger partial charge in [0, 0.05) is 13.1 Å². The number of benzene rings is 1. The van der Waals surface area contributed by atoms with Crippen LogP contribution in [-0.4, -0.2) is 46.1 Å². The van der Waals surface area contributed by atoms with Crippen LogP contribution in [0.25, 0.3) is 5.69 Å². The Hall–Kier alpha value is -1.50. The molecule has 0 saturated carbocycles. The third-order valence-corrected chi connectivity index (χ3v) is 5.57. The first-order valence-electron chi connectivity index (χ1n) is 8.43. The molecule has 1 spiro atoms. The standard InChI is InChI=1S/C17H21ClFN5/c18-15-9-14(1-2-16(15)19)24-11-13(21-22-24)10-23-8-5-17(12-23)3-6-20-7-4-17/h1-2,9,11,20H,3-8,10,12H2. The highest BCUT2D eigenvalue weighted by atomic mass is 35.5. The zero-order valence-electron chi connectivity index (χ0n) is 13.5. The van der Waals surface area contributed by atoms with E-state index in [4.69, 9.17) is 11.6 Å². The van der Waals surface area contributed by atoms with E-state index in [1.807, 2.05) is 6.20 Å². The Balaban J connectivity index is 1.43. The maximum absolute atomic E-state index is 13.3. The highest BCUT2D eigenvalue weighted by molar-refractivity contribution is 6.30. The number of likely N-dealkylation sites (tertiary alicyclic amines) is 1. The van der Waals surface area contributed by atoms with Crippen LogP contribution in [0.3, 0.4) is 0 Å². The van der Waals surface area contributed by atoms with Crippen molar-refractivity contribution in [2.75, 3.05) is 26.2 Å². The summed E-state index contributed by atoms with van der Waals surface area (Å²) < 4.78 is 14.9. The van der Waals surface area contributed by atoms with E-state index in [9.17, 15) is 4.39 Å². The topological polar surface area (TPSA) is 46.0 Å². The summed E-state index contributed by atoms with van der Waals surface area (Å²) in [6.45, 7) is 5.34. The lowest BCUT2D eigenvalue weighted by Crippen LogP contribution is -2.38. The predicted molar refractivity (Wildman–Crippen MR) is 90.8 cm³/mol. The van der Waals surface area contributed by atoms with Crippen molar-refractivity contribution in [2.45, 2.75) is 25.8 Å². The molecule has 4 rings (SSSR count). The van der Waals surface area contributed by atoms with Crippen molar-refractivity contribution in [3.8, 4) is 5.69 Å². The number of rotatable bonds is 3. The molecule has 2 aromatic rings. The van der Waals surface area contributed by atoms with Gasteiger partial charge in [-0.25, -0.2) is 9.07 Å². The molecule has 2 aliphatic rings. The quantitative estimate of drug-likeness (QED) is 0.925. The van der Waals surface area contributed by atoms with Gasteiger partial charge in [-0.1, -0.05) is 16.8 Å². The van der Waals surface area contributed by atoms with E-state index in [0.29, 0.717) is 5.41 Å². The van der Waals surface area contributed by atoms with E-state index in [-0.39, 0.29) is 5.02 Å². The highest BCUT2D eigenvalue weighted by Crippen LogP contribution is 2.38. The van der Waals surface area contributed by atoms with Gasteiger partial charge in [0.1, 0.15) is 5.82 Å². The van der Waals surface area contributed by atoms with Gasteiger partial charge in [-0.05, 0) is 62.5 Å². The molecule has 3 heterocycles. The van der Waals surface area contributed by atoms with Crippen LogP contribution in [0, 0.1) is 11.2 Å². The first-order valence-corrected chi connectivity index (χ1v) is 8.81. The molecule has 0 bridgehead atoms. The molecule has 2 fully saturated rings. The van der Waals surface area contributed by atoms with Crippen LogP contribution in [0.5, 0.6) is 0 Å². The van der Waals surface area contributed by atoms with Crippen LogP contribution in [0.2, 0.25) is 5.02 Å². The van der Waals surface area contributed by atoms with Gasteiger partial charge in [0.05, 0.1) is 22.6 Å². The summed E-state index contributed by atoms with van der Waals surface area (Å²) >= 11 is 5.84. The summed E-state index contributed by atoms with van der Waals surface area (Å²) in [5.41, 5.74) is 2.14. The summed E-state index contributed by atoms with van der Waals surface area (Å²) in [6, 6.07) is 4.56. The molecular weight excluding hydrogens is 329 g/mol. The number of hydrogen-bond acceptors (Lipinski definition) is 4. The lowest BCUT2D eigenvalue weighted by Gasteiger charge is -2.33. The van der Waals surface area contributed by atoms with Gasteiger partial charge in [0.2, 0.25) is 0 Å². The largest absolute Gasteiger partial charge is 0.317 e. The minimum Gasteiger partial charge on any atom is -0.317 e. The monoisotopic (exact) mass is 349 g/mol. The second kappa shape index (κ2) is 6.43. The Bertz CT molecular complexity index is 726. The van der Waals surface area contributed by atoms with E-state index in [2.05, 4.69) is 20.5 Å². The second-order valence-corrected chi connectivity index (χ2v) is 7.37. The van der Waals surface area contributed by atoms with Gasteiger partial charge < -0.3 is 5.32 Å². The predicted octanol–water partition coefficient (Wildman–Crippen LogP) is 2.64. The lowest BCUT2D eigenvalue weighted by atomic mass is 9.78. The van der Waals surface area contributed by atoms with E-state index >= 15 is 0 Å². The van der Waals surface area contributed by atoms with Crippen molar-refractivity contribution in [3.05, 3.63) is 40.9 Å². The average molecular weight is 350 g/mol. The molecule has 0 aliphatic carbocycles. The summed E-state index contributed by atoms with van der Waals surface area (Å²) in [5.74, 6) is -0.426. The van der Waals surface area contributed by atoms with Gasteiger partial charge >= 0.3 is 0 Å². The molecule has 0 radical (unpaired) electrons. The van der Waals surface area contributed by atoms with E-state index in [1.165, 1.54) is 25.3 Å². The average Bonchev–Trinajstić information content (AvgIpc) is 3.19. The molecule has 2 aliphatic heterocycles. The van der Waals surface area contributed by atoms with Crippen molar-refractivity contribution in [2.24, 2.45) is 5.41 Å². The SMILES string of the molecule is Fc1ccc(-n2cc(CN3CCC4(CCNCC4)C3)nn2)cc1Cl. The Morgan fingerprint density at radius 1 is 1.25 bits per heavy atom. The zero-order chi connectivity index (χ0) is 16.6. The molecular formula is C17H21ClFN5. The first kappa shape index (κ1) is 16.0. The summed E-state index contributed by atoms with van der Waals surface area (Å²) in [7, 11) is 0. The van der Waals surface area contributed by atoms with Gasteiger partial charge in [0.15, 0.2) is 0 Å². The van der Waals surface area contributed by atoms with E-state index < -0.39 is 5.82 Å². The molecule has 2 saturated heterocycles. The van der Waals surface area contributed by atoms with Crippen molar-refractivity contribution in [1.29, 1.82) is 0 Å². The molecule has 7 heteroatoms. The second-order valence-electron chi connectivity index (χ2n) is 6.96. The fourth-order valence-corrected chi connectivity index (χ4v) is 4.06. The van der Waals surface area contributed by atoms with E-state index in [1.54, 1.807) is 16.8 Å². The highest BCUT2D eigenvalue weighted by Gasteiger charge is 2.38. The number of hydrogen-bond donors (Lipinski definition) is 1. The fraction of sp³-hybridized carbons (Fsp3) is 0.529. The maximum atomic E-state index is 13.3. The molecule has 1 N–H and O–H groups in total. The number of piperidine rings is 1. The smallest absolute Gasteiger partial charge is 0.141 e. The van der Waals surface area contributed by atoms with Crippen LogP contribution in [0.15, 0.2) is 24.4 Å². The summed E-state index contributed by atoms with van der Waals surface area (Å²) in [4.78, 5) is 2.47. The third kappa shape index (κ3) is 3.18. The van der Waals surface area contributed by atoms with Crippen molar-refractivity contribution >= 4 is 11.6 Å². The maximum Gasteiger partial charge on any atom is 0.141 e. The summed E-state index contributed by atoms with van der Waals surface area (Å²) in [6.07, 6.45) is 5.71. The molecule has 5 nitrogen and oxygen atoms in total. The van der Waals surface area contributed by atoms with Gasteiger partial charge in [0.25, 0.3) is 0 Å². The van der Waals surface area contributed by atoms with Crippen LogP contribution in [-0.2, 0) is 6.54 Å². The lowest BCUT2D eigenvalue weighted by molar-refractivity contribution is 0.193. The van der Waals surface area contributed by atoms with Gasteiger partial charge in [-0.15, -0.1) is 5.10 Å². The zero-order valence-corrected chi connectivity index (χ0v) is 14.3. The van der Waals surface area contributed by atoms with Crippen LogP contribution < -0.4 is 5.32 Å². The Kier molecular flexibility index (Phi) is 4.28. The number of nitrogens with one attached hydrogen (secondary N) is 1. The number of nitrogens with zero attached hydrogens (tertiary/aromatic N) is 4. The summed E-state index contributed by atoms with van der Waals surface area (Å²) in [5, 5.41) is 12.0. The Labute approximate surface area is 145 Å². The Morgan fingerprint density at radius 3 is 2.88 bits per heavy atom. The molecule has 0 atom stereocenters. The van der Waals surface area contributed by atoms with Crippen molar-refractivity contribution in [1.82, 2.24) is 25.2 Å². The van der Waals surface area contributed by atoms with Crippen molar-refractivity contribution in [3.63, 3.8) is 0 Å². The van der Waals surface area contributed by atoms with E-state index in [0.717, 1.165) is 44.1 Å². The molecule has 1 aromatic carbocycles. The minimum absolute atomic E-state index is 0.0944. The van der Waals surface area contributed by atoms with Crippen LogP contribution in [0.4, 0.5) is 4.39 Å². The first-order chi connectivity index (χ1) is 11.6. The molecule has 24 heavy (non-hydrogen) atoms. The Morgan fingerprint density at radius 2 is 2.08 bits per heavy atom. The molecule has 0 unspecified atom stereocenters. The van der Waals surface area contributed by atoms with Gasteiger partial charge in [-0.2, -0.15) is 0 Å². The number of halogens is 2. The molecule has 128 valence electrons. The van der Waals surface area contributed by atoms with Crippen LogP contribution in [0.1, 0.15) is 25.0 Å². The van der Waals surface area contributed by atoms with Crippen LogP contribution >= 0.6 is 11.6 Å².